The molecular formula is C13H22N2O2S2. The van der Waals surface area contributed by atoms with E-state index in [9.17, 15) is 8.42 Å². The quantitative estimate of drug-likeness (QED) is 0.784. The maximum Gasteiger partial charge on any atom is 0.218 e. The molecule has 19 heavy (non-hydrogen) atoms. The number of rotatable bonds is 7. The Morgan fingerprint density at radius 1 is 1.37 bits per heavy atom. The minimum absolute atomic E-state index is 0.00221. The van der Waals surface area contributed by atoms with Gasteiger partial charge in [-0.25, -0.2) is 12.7 Å². The summed E-state index contributed by atoms with van der Waals surface area (Å²) >= 11 is 1.72. The standard InChI is InChI=1S/C13H22N2O2S2/c1-11(8-9-18-3)15(2)19(16,17)10-12-6-4-5-7-13(12)14/h4-7,11H,8-10,14H2,1-3H3. The molecule has 6 heteroatoms. The molecule has 1 aromatic rings. The lowest BCUT2D eigenvalue weighted by atomic mass is 10.2. The number of nitrogens with zero attached hydrogens (tertiary/aromatic N) is 1. The Morgan fingerprint density at radius 3 is 2.58 bits per heavy atom. The van der Waals surface area contributed by atoms with Gasteiger partial charge in [-0.1, -0.05) is 18.2 Å². The number of hydrogen-bond donors (Lipinski definition) is 1. The zero-order chi connectivity index (χ0) is 14.5. The fourth-order valence-electron chi connectivity index (χ4n) is 1.71. The van der Waals surface area contributed by atoms with Gasteiger partial charge in [0.25, 0.3) is 0 Å². The van der Waals surface area contributed by atoms with Gasteiger partial charge < -0.3 is 5.73 Å². The van der Waals surface area contributed by atoms with Crippen LogP contribution in [0.1, 0.15) is 18.9 Å². The second-order valence-electron chi connectivity index (χ2n) is 4.60. The van der Waals surface area contributed by atoms with Gasteiger partial charge in [-0.05, 0) is 37.0 Å². The summed E-state index contributed by atoms with van der Waals surface area (Å²) in [5.41, 5.74) is 6.98. The number of sulfonamides is 1. The highest BCUT2D eigenvalue weighted by atomic mass is 32.2. The number of hydrogen-bond acceptors (Lipinski definition) is 4. The van der Waals surface area contributed by atoms with E-state index in [0.717, 1.165) is 12.2 Å². The highest BCUT2D eigenvalue weighted by molar-refractivity contribution is 7.98. The van der Waals surface area contributed by atoms with Crippen molar-refractivity contribution in [3.05, 3.63) is 29.8 Å². The van der Waals surface area contributed by atoms with E-state index in [4.69, 9.17) is 5.73 Å². The van der Waals surface area contributed by atoms with Crippen LogP contribution in [-0.4, -0.2) is 37.8 Å². The summed E-state index contributed by atoms with van der Waals surface area (Å²) in [5.74, 6) is 0.911. The van der Waals surface area contributed by atoms with E-state index in [2.05, 4.69) is 0 Å². The normalized spacial score (nSPS) is 13.7. The summed E-state index contributed by atoms with van der Waals surface area (Å²) in [6.07, 6.45) is 2.87. The van der Waals surface area contributed by atoms with Gasteiger partial charge in [0, 0.05) is 18.8 Å². The van der Waals surface area contributed by atoms with Gasteiger partial charge in [-0.15, -0.1) is 0 Å². The molecule has 1 rings (SSSR count). The molecule has 0 aliphatic rings. The SMILES string of the molecule is CSCCC(C)N(C)S(=O)(=O)Cc1ccccc1N. The Kier molecular flexibility index (Phi) is 6.16. The molecule has 1 aromatic carbocycles. The van der Waals surface area contributed by atoms with E-state index in [0.29, 0.717) is 11.3 Å². The lowest BCUT2D eigenvalue weighted by Gasteiger charge is -2.24. The largest absolute Gasteiger partial charge is 0.398 e. The van der Waals surface area contributed by atoms with E-state index >= 15 is 0 Å². The van der Waals surface area contributed by atoms with Crippen molar-refractivity contribution in [3.63, 3.8) is 0 Å². The molecule has 2 N–H and O–H groups in total. The highest BCUT2D eigenvalue weighted by Gasteiger charge is 2.23. The zero-order valence-corrected chi connectivity index (χ0v) is 13.3. The summed E-state index contributed by atoms with van der Waals surface area (Å²) < 4.78 is 26.1. The molecule has 4 nitrogen and oxygen atoms in total. The molecule has 0 aliphatic carbocycles. The molecule has 0 fully saturated rings. The first-order valence-corrected chi connectivity index (χ1v) is 9.17. The van der Waals surface area contributed by atoms with Gasteiger partial charge in [0.05, 0.1) is 5.75 Å². The van der Waals surface area contributed by atoms with Gasteiger partial charge in [0.15, 0.2) is 0 Å². The number of anilines is 1. The van der Waals surface area contributed by atoms with Crippen LogP contribution in [0.4, 0.5) is 5.69 Å². The lowest BCUT2D eigenvalue weighted by Crippen LogP contribution is -2.36. The van der Waals surface area contributed by atoms with E-state index in [1.807, 2.05) is 13.2 Å². The summed E-state index contributed by atoms with van der Waals surface area (Å²) in [6, 6.07) is 7.09. The Morgan fingerprint density at radius 2 is 2.00 bits per heavy atom. The first-order chi connectivity index (χ1) is 8.88. The van der Waals surface area contributed by atoms with Crippen molar-refractivity contribution >= 4 is 27.5 Å². The maximum atomic E-state index is 12.3. The Balaban J connectivity index is 2.78. The van der Waals surface area contributed by atoms with Crippen LogP contribution in [0.25, 0.3) is 0 Å². The summed E-state index contributed by atoms with van der Waals surface area (Å²) in [4.78, 5) is 0. The van der Waals surface area contributed by atoms with Crippen molar-refractivity contribution in [3.8, 4) is 0 Å². The third-order valence-corrected chi connectivity index (χ3v) is 5.75. The van der Waals surface area contributed by atoms with Crippen LogP contribution in [0.3, 0.4) is 0 Å². The van der Waals surface area contributed by atoms with Crippen LogP contribution in [-0.2, 0) is 15.8 Å². The number of nitrogens with two attached hydrogens (primary N) is 1. The fourth-order valence-corrected chi connectivity index (χ4v) is 3.80. The fraction of sp³-hybridized carbons (Fsp3) is 0.538. The molecule has 1 unspecified atom stereocenters. The van der Waals surface area contributed by atoms with E-state index < -0.39 is 10.0 Å². The second kappa shape index (κ2) is 7.17. The first-order valence-electron chi connectivity index (χ1n) is 6.16. The third-order valence-electron chi connectivity index (χ3n) is 3.19. The smallest absolute Gasteiger partial charge is 0.218 e. The van der Waals surface area contributed by atoms with Gasteiger partial charge in [0.1, 0.15) is 0 Å². The molecule has 0 saturated heterocycles. The first kappa shape index (κ1) is 16.3. The zero-order valence-electron chi connectivity index (χ0n) is 11.7. The maximum absolute atomic E-state index is 12.3. The average molecular weight is 302 g/mol. The molecule has 0 heterocycles. The average Bonchev–Trinajstić information content (AvgIpc) is 2.37. The van der Waals surface area contributed by atoms with Crippen molar-refractivity contribution < 1.29 is 8.42 Å². The van der Waals surface area contributed by atoms with Crippen molar-refractivity contribution in [2.45, 2.75) is 25.1 Å². The topological polar surface area (TPSA) is 63.4 Å². The molecular weight excluding hydrogens is 280 g/mol. The monoisotopic (exact) mass is 302 g/mol. The number of para-hydroxylation sites is 1. The van der Waals surface area contributed by atoms with E-state index in [-0.39, 0.29) is 11.8 Å². The summed E-state index contributed by atoms with van der Waals surface area (Å²) in [5, 5.41) is 0. The van der Waals surface area contributed by atoms with Crippen LogP contribution in [0.5, 0.6) is 0 Å². The minimum atomic E-state index is -3.32. The highest BCUT2D eigenvalue weighted by Crippen LogP contribution is 2.18. The van der Waals surface area contributed by atoms with Gasteiger partial charge in [0.2, 0.25) is 10.0 Å². The number of benzene rings is 1. The Bertz CT molecular complexity index is 503. The van der Waals surface area contributed by atoms with Crippen LogP contribution >= 0.6 is 11.8 Å². The molecule has 0 amide bonds. The molecule has 0 spiro atoms. The Hall–Kier alpha value is -0.720. The predicted molar refractivity (Wildman–Crippen MR) is 83.7 cm³/mol. The van der Waals surface area contributed by atoms with Gasteiger partial charge in [-0.3, -0.25) is 0 Å². The molecule has 0 aliphatic heterocycles. The Labute approximate surface area is 120 Å². The van der Waals surface area contributed by atoms with Crippen LogP contribution in [0.15, 0.2) is 24.3 Å². The van der Waals surface area contributed by atoms with E-state index in [1.165, 1.54) is 4.31 Å². The molecule has 1 atom stereocenters. The van der Waals surface area contributed by atoms with Crippen LogP contribution < -0.4 is 5.73 Å². The molecule has 0 radical (unpaired) electrons. The molecule has 108 valence electrons. The lowest BCUT2D eigenvalue weighted by molar-refractivity contribution is 0.382. The molecule has 0 aromatic heterocycles. The van der Waals surface area contributed by atoms with Crippen molar-refractivity contribution in [1.82, 2.24) is 4.31 Å². The minimum Gasteiger partial charge on any atom is -0.398 e. The number of nitrogen functional groups attached to an aromatic ring is 1. The molecule has 0 bridgehead atoms. The third kappa shape index (κ3) is 4.71. The summed E-state index contributed by atoms with van der Waals surface area (Å²) in [6.45, 7) is 1.93. The van der Waals surface area contributed by atoms with Gasteiger partial charge >= 0.3 is 0 Å². The van der Waals surface area contributed by atoms with Crippen LogP contribution in [0.2, 0.25) is 0 Å². The second-order valence-corrected chi connectivity index (χ2v) is 7.62. The van der Waals surface area contributed by atoms with Gasteiger partial charge in [-0.2, -0.15) is 11.8 Å². The number of thioether (sulfide) groups is 1. The van der Waals surface area contributed by atoms with Crippen molar-refractivity contribution in [1.29, 1.82) is 0 Å². The van der Waals surface area contributed by atoms with E-state index in [1.54, 1.807) is 43.1 Å². The summed E-state index contributed by atoms with van der Waals surface area (Å²) in [7, 11) is -1.68. The van der Waals surface area contributed by atoms with Crippen molar-refractivity contribution in [2.75, 3.05) is 24.8 Å². The van der Waals surface area contributed by atoms with Crippen molar-refractivity contribution in [2.24, 2.45) is 0 Å². The van der Waals surface area contributed by atoms with Crippen LogP contribution in [0, 0.1) is 0 Å². The molecule has 0 saturated carbocycles. The predicted octanol–water partition coefficient (Wildman–Crippen LogP) is 2.17.